The quantitative estimate of drug-likeness (QED) is 0.286. The molecule has 0 saturated carbocycles. The Kier molecular flexibility index (Phi) is 9.96. The highest BCUT2D eigenvalue weighted by Crippen LogP contribution is 2.20. The fraction of sp³-hybridized carbons (Fsp3) is 0.409. The molecule has 0 bridgehead atoms. The SMILES string of the molecule is CCNC(=NCCc1cccc(C(=O)NC)c1)NC1CCN(c2ncccc2F)C1.I. The number of nitrogens with one attached hydrogen (secondary N) is 3. The standard InChI is InChI=1S/C22H29FN6O.HI/c1-3-25-22(27-12-9-16-6-4-7-17(14-16)21(30)24-2)28-18-10-13-29(15-18)20-19(23)8-5-11-26-20;/h4-8,11,14,18H,3,9-10,12-13,15H2,1-2H3,(H,24,30)(H2,25,27,28);1H. The van der Waals surface area contributed by atoms with E-state index in [-0.39, 0.29) is 41.7 Å². The van der Waals surface area contributed by atoms with Crippen LogP contribution in [0.15, 0.2) is 47.6 Å². The van der Waals surface area contributed by atoms with Gasteiger partial charge in [-0.2, -0.15) is 0 Å². The van der Waals surface area contributed by atoms with Gasteiger partial charge in [0.2, 0.25) is 0 Å². The third-order valence-electron chi connectivity index (χ3n) is 5.00. The Balaban J connectivity index is 0.00000341. The Morgan fingerprint density at radius 3 is 2.90 bits per heavy atom. The third-order valence-corrected chi connectivity index (χ3v) is 5.00. The summed E-state index contributed by atoms with van der Waals surface area (Å²) in [6.45, 7) is 4.79. The smallest absolute Gasteiger partial charge is 0.251 e. The van der Waals surface area contributed by atoms with Gasteiger partial charge in [-0.25, -0.2) is 9.37 Å². The van der Waals surface area contributed by atoms with Gasteiger partial charge in [-0.1, -0.05) is 12.1 Å². The van der Waals surface area contributed by atoms with Gasteiger partial charge in [0, 0.05) is 51.0 Å². The van der Waals surface area contributed by atoms with Crippen LogP contribution in [0.5, 0.6) is 0 Å². The number of pyridine rings is 1. The molecule has 7 nitrogen and oxygen atoms in total. The number of aromatic nitrogens is 1. The molecule has 1 saturated heterocycles. The molecule has 1 aliphatic rings. The lowest BCUT2D eigenvalue weighted by atomic mass is 10.1. The van der Waals surface area contributed by atoms with E-state index in [2.05, 4.69) is 25.9 Å². The summed E-state index contributed by atoms with van der Waals surface area (Å²) in [6, 6.07) is 10.8. The van der Waals surface area contributed by atoms with E-state index in [0.29, 0.717) is 24.5 Å². The van der Waals surface area contributed by atoms with Crippen LogP contribution in [0.25, 0.3) is 0 Å². The maximum atomic E-state index is 14.0. The van der Waals surface area contributed by atoms with Crippen LogP contribution in [0.4, 0.5) is 10.2 Å². The number of nitrogens with zero attached hydrogens (tertiary/aromatic N) is 3. The van der Waals surface area contributed by atoms with E-state index in [9.17, 15) is 9.18 Å². The molecule has 2 heterocycles. The van der Waals surface area contributed by atoms with E-state index < -0.39 is 0 Å². The number of halogens is 2. The topological polar surface area (TPSA) is 81.6 Å². The molecule has 1 aromatic heterocycles. The fourth-order valence-corrected chi connectivity index (χ4v) is 3.50. The van der Waals surface area contributed by atoms with Crippen molar-refractivity contribution in [2.45, 2.75) is 25.8 Å². The molecule has 1 amide bonds. The van der Waals surface area contributed by atoms with Crippen LogP contribution in [0.2, 0.25) is 0 Å². The normalized spacial score (nSPS) is 15.9. The first kappa shape index (κ1) is 24.8. The van der Waals surface area contributed by atoms with Gasteiger partial charge < -0.3 is 20.9 Å². The Labute approximate surface area is 199 Å². The Bertz CT molecular complexity index is 894. The van der Waals surface area contributed by atoms with E-state index in [4.69, 9.17) is 0 Å². The molecule has 0 aliphatic carbocycles. The van der Waals surface area contributed by atoms with Crippen LogP contribution in [0.3, 0.4) is 0 Å². The monoisotopic (exact) mass is 540 g/mol. The molecule has 9 heteroatoms. The van der Waals surface area contributed by atoms with Crippen molar-refractivity contribution < 1.29 is 9.18 Å². The van der Waals surface area contributed by atoms with Crippen molar-refractivity contribution in [3.05, 3.63) is 59.5 Å². The number of hydrogen-bond donors (Lipinski definition) is 3. The fourth-order valence-electron chi connectivity index (χ4n) is 3.50. The summed E-state index contributed by atoms with van der Waals surface area (Å²) >= 11 is 0. The zero-order valence-corrected chi connectivity index (χ0v) is 20.2. The number of aliphatic imine (C=N–C) groups is 1. The van der Waals surface area contributed by atoms with Crippen LogP contribution in [-0.4, -0.2) is 56.1 Å². The summed E-state index contributed by atoms with van der Waals surface area (Å²) in [5.41, 5.74) is 1.71. The molecule has 1 fully saturated rings. The Morgan fingerprint density at radius 1 is 1.32 bits per heavy atom. The van der Waals surface area contributed by atoms with Crippen molar-refractivity contribution in [1.82, 2.24) is 20.9 Å². The number of anilines is 1. The summed E-state index contributed by atoms with van der Waals surface area (Å²) in [5, 5.41) is 9.35. The van der Waals surface area contributed by atoms with Crippen molar-refractivity contribution >= 4 is 41.7 Å². The van der Waals surface area contributed by atoms with Crippen LogP contribution >= 0.6 is 24.0 Å². The van der Waals surface area contributed by atoms with Crippen molar-refractivity contribution in [3.8, 4) is 0 Å². The van der Waals surface area contributed by atoms with Gasteiger partial charge >= 0.3 is 0 Å². The largest absolute Gasteiger partial charge is 0.357 e. The molecule has 2 aromatic rings. The van der Waals surface area contributed by atoms with E-state index in [1.54, 1.807) is 25.4 Å². The Morgan fingerprint density at radius 2 is 2.16 bits per heavy atom. The summed E-state index contributed by atoms with van der Waals surface area (Å²) in [7, 11) is 1.63. The molecule has 1 atom stereocenters. The first-order chi connectivity index (χ1) is 14.6. The number of carbonyl (C=O) groups excluding carboxylic acids is 1. The second-order valence-electron chi connectivity index (χ2n) is 7.17. The van der Waals surface area contributed by atoms with Crippen molar-refractivity contribution in [3.63, 3.8) is 0 Å². The zero-order chi connectivity index (χ0) is 21.3. The number of benzene rings is 1. The van der Waals surface area contributed by atoms with Gasteiger partial charge in [0.05, 0.1) is 0 Å². The molecular weight excluding hydrogens is 510 g/mol. The van der Waals surface area contributed by atoms with Gasteiger partial charge in [0.15, 0.2) is 17.6 Å². The third kappa shape index (κ3) is 7.05. The van der Waals surface area contributed by atoms with E-state index in [1.807, 2.05) is 30.0 Å². The molecule has 1 aromatic carbocycles. The first-order valence-electron chi connectivity index (χ1n) is 10.3. The average molecular weight is 540 g/mol. The molecule has 3 N–H and O–H groups in total. The minimum atomic E-state index is -0.294. The lowest BCUT2D eigenvalue weighted by Crippen LogP contribution is -2.44. The number of carbonyl (C=O) groups is 1. The predicted molar refractivity (Wildman–Crippen MR) is 133 cm³/mol. The molecule has 3 rings (SSSR count). The summed E-state index contributed by atoms with van der Waals surface area (Å²) < 4.78 is 14.0. The minimum absolute atomic E-state index is 0. The van der Waals surface area contributed by atoms with Crippen LogP contribution in [-0.2, 0) is 6.42 Å². The highest BCUT2D eigenvalue weighted by Gasteiger charge is 2.25. The van der Waals surface area contributed by atoms with Gasteiger partial charge in [-0.15, -0.1) is 24.0 Å². The molecule has 1 aliphatic heterocycles. The van der Waals surface area contributed by atoms with Crippen molar-refractivity contribution in [2.24, 2.45) is 4.99 Å². The molecule has 1 unspecified atom stereocenters. The molecule has 168 valence electrons. The van der Waals surface area contributed by atoms with Crippen LogP contribution in [0, 0.1) is 5.82 Å². The van der Waals surface area contributed by atoms with Gasteiger partial charge in [-0.3, -0.25) is 9.79 Å². The van der Waals surface area contributed by atoms with E-state index >= 15 is 0 Å². The molecular formula is C22H30FIN6O. The predicted octanol–water partition coefficient (Wildman–Crippen LogP) is 2.57. The molecule has 0 radical (unpaired) electrons. The molecule has 31 heavy (non-hydrogen) atoms. The summed E-state index contributed by atoms with van der Waals surface area (Å²) in [5.74, 6) is 0.760. The van der Waals surface area contributed by atoms with Gasteiger partial charge in [-0.05, 0) is 49.6 Å². The lowest BCUT2D eigenvalue weighted by Gasteiger charge is -2.20. The van der Waals surface area contributed by atoms with Crippen molar-refractivity contribution in [1.29, 1.82) is 0 Å². The van der Waals surface area contributed by atoms with E-state index in [0.717, 1.165) is 37.5 Å². The maximum absolute atomic E-state index is 14.0. The first-order valence-corrected chi connectivity index (χ1v) is 10.3. The van der Waals surface area contributed by atoms with Crippen LogP contribution < -0.4 is 20.9 Å². The summed E-state index contributed by atoms with van der Waals surface area (Å²) in [4.78, 5) is 22.6. The van der Waals surface area contributed by atoms with Crippen LogP contribution in [0.1, 0.15) is 29.3 Å². The van der Waals surface area contributed by atoms with Crippen molar-refractivity contribution in [2.75, 3.05) is 38.1 Å². The second-order valence-corrected chi connectivity index (χ2v) is 7.17. The number of amides is 1. The zero-order valence-electron chi connectivity index (χ0n) is 17.9. The second kappa shape index (κ2) is 12.4. The summed E-state index contributed by atoms with van der Waals surface area (Å²) in [6.07, 6.45) is 3.23. The van der Waals surface area contributed by atoms with Gasteiger partial charge in [0.1, 0.15) is 0 Å². The minimum Gasteiger partial charge on any atom is -0.357 e. The Hall–Kier alpha value is -2.43. The van der Waals surface area contributed by atoms with Gasteiger partial charge in [0.25, 0.3) is 5.91 Å². The number of rotatable bonds is 7. The lowest BCUT2D eigenvalue weighted by molar-refractivity contribution is 0.0963. The number of guanidine groups is 1. The molecule has 0 spiro atoms. The highest BCUT2D eigenvalue weighted by atomic mass is 127. The number of hydrogen-bond acceptors (Lipinski definition) is 4. The average Bonchev–Trinajstić information content (AvgIpc) is 3.22. The van der Waals surface area contributed by atoms with E-state index in [1.165, 1.54) is 6.07 Å². The highest BCUT2D eigenvalue weighted by molar-refractivity contribution is 14.0. The maximum Gasteiger partial charge on any atom is 0.251 e.